The number of carbonyl (C=O) groups is 2. The topological polar surface area (TPSA) is 117 Å². The molecule has 192 valence electrons. The molecule has 4 rings (SSSR count). The van der Waals surface area contributed by atoms with Crippen LogP contribution in [-0.2, 0) is 9.59 Å². The molecule has 1 heterocycles. The van der Waals surface area contributed by atoms with Crippen LogP contribution in [0.4, 0.5) is 17.1 Å². The zero-order valence-corrected chi connectivity index (χ0v) is 21.4. The molecular formula is C25H23Cl2N5O5. The second-order valence-corrected chi connectivity index (χ2v) is 9.25. The standard InChI is InChI=1S/C25H23Cl2N5O5/c1-30(2)17-10-7-15(8-11-17)23-24(37-21-12-9-16(26)13-18(21)27)25(34)31(23)28-14-22(33)29-19-5-3-4-6-20(19)32(35)36/h3-13,23-24,28H,14H2,1-2H3,(H,29,33). The summed E-state index contributed by atoms with van der Waals surface area (Å²) in [6.07, 6.45) is -0.908. The number of anilines is 2. The Morgan fingerprint density at radius 1 is 1.11 bits per heavy atom. The van der Waals surface area contributed by atoms with E-state index in [-0.39, 0.29) is 22.9 Å². The summed E-state index contributed by atoms with van der Waals surface area (Å²) in [4.78, 5) is 38.2. The number of nitrogens with one attached hydrogen (secondary N) is 2. The molecule has 1 aliphatic heterocycles. The molecule has 1 fully saturated rings. The van der Waals surface area contributed by atoms with E-state index < -0.39 is 28.9 Å². The molecule has 37 heavy (non-hydrogen) atoms. The lowest BCUT2D eigenvalue weighted by Crippen LogP contribution is -2.66. The third kappa shape index (κ3) is 5.77. The Labute approximate surface area is 222 Å². The molecule has 2 amide bonds. The van der Waals surface area contributed by atoms with Gasteiger partial charge in [-0.05, 0) is 42.0 Å². The number of hydrogen-bond acceptors (Lipinski definition) is 7. The molecule has 0 radical (unpaired) electrons. The first-order valence-electron chi connectivity index (χ1n) is 11.1. The second-order valence-electron chi connectivity index (χ2n) is 8.41. The van der Waals surface area contributed by atoms with Crippen molar-refractivity contribution in [1.29, 1.82) is 0 Å². The van der Waals surface area contributed by atoms with Gasteiger partial charge in [-0.1, -0.05) is 47.5 Å². The van der Waals surface area contributed by atoms with Crippen molar-refractivity contribution in [3.05, 3.63) is 92.5 Å². The first kappa shape index (κ1) is 26.2. The number of carbonyl (C=O) groups excluding carboxylic acids is 2. The van der Waals surface area contributed by atoms with E-state index in [4.69, 9.17) is 27.9 Å². The van der Waals surface area contributed by atoms with Gasteiger partial charge >= 0.3 is 0 Å². The van der Waals surface area contributed by atoms with Gasteiger partial charge < -0.3 is 15.0 Å². The number of ether oxygens (including phenoxy) is 1. The summed E-state index contributed by atoms with van der Waals surface area (Å²) in [7, 11) is 3.83. The molecule has 3 aromatic carbocycles. The summed E-state index contributed by atoms with van der Waals surface area (Å²) in [5.41, 5.74) is 4.38. The van der Waals surface area contributed by atoms with Crippen molar-refractivity contribution in [3.8, 4) is 5.75 Å². The number of hydrazine groups is 1. The number of amides is 2. The number of nitro groups is 1. The highest BCUT2D eigenvalue weighted by atomic mass is 35.5. The number of halogens is 2. The Balaban J connectivity index is 1.51. The van der Waals surface area contributed by atoms with E-state index in [2.05, 4.69) is 10.7 Å². The fraction of sp³-hybridized carbons (Fsp3) is 0.200. The van der Waals surface area contributed by atoms with Crippen LogP contribution in [0.2, 0.25) is 10.0 Å². The molecule has 0 aliphatic carbocycles. The lowest BCUT2D eigenvalue weighted by molar-refractivity contribution is -0.383. The normalized spacial score (nSPS) is 16.6. The van der Waals surface area contributed by atoms with E-state index in [1.807, 2.05) is 43.3 Å². The third-order valence-corrected chi connectivity index (χ3v) is 6.26. The van der Waals surface area contributed by atoms with Crippen LogP contribution in [-0.4, -0.2) is 48.5 Å². The monoisotopic (exact) mass is 543 g/mol. The van der Waals surface area contributed by atoms with E-state index in [0.717, 1.165) is 11.3 Å². The van der Waals surface area contributed by atoms with Gasteiger partial charge in [0.2, 0.25) is 12.0 Å². The van der Waals surface area contributed by atoms with Crippen LogP contribution in [0.3, 0.4) is 0 Å². The molecule has 1 aliphatic rings. The Morgan fingerprint density at radius 3 is 2.46 bits per heavy atom. The van der Waals surface area contributed by atoms with Crippen molar-refractivity contribution in [1.82, 2.24) is 10.4 Å². The Hall–Kier alpha value is -3.86. The van der Waals surface area contributed by atoms with Gasteiger partial charge in [-0.3, -0.25) is 24.7 Å². The third-order valence-electron chi connectivity index (χ3n) is 5.73. The average Bonchev–Trinajstić information content (AvgIpc) is 2.86. The maximum absolute atomic E-state index is 13.1. The van der Waals surface area contributed by atoms with Crippen molar-refractivity contribution >= 4 is 52.1 Å². The van der Waals surface area contributed by atoms with Crippen molar-refractivity contribution in [2.45, 2.75) is 12.1 Å². The highest BCUT2D eigenvalue weighted by Crippen LogP contribution is 2.39. The molecule has 1 saturated heterocycles. The Kier molecular flexibility index (Phi) is 7.82. The molecule has 12 heteroatoms. The zero-order valence-electron chi connectivity index (χ0n) is 19.9. The van der Waals surface area contributed by atoms with E-state index >= 15 is 0 Å². The number of β-lactam (4-membered cyclic amide) rings is 1. The summed E-state index contributed by atoms with van der Waals surface area (Å²) >= 11 is 12.2. The van der Waals surface area contributed by atoms with Crippen molar-refractivity contribution < 1.29 is 19.2 Å². The maximum atomic E-state index is 13.1. The quantitative estimate of drug-likeness (QED) is 0.232. The van der Waals surface area contributed by atoms with Crippen LogP contribution in [0.15, 0.2) is 66.7 Å². The fourth-order valence-electron chi connectivity index (χ4n) is 3.84. The fourth-order valence-corrected chi connectivity index (χ4v) is 4.30. The van der Waals surface area contributed by atoms with E-state index in [1.54, 1.807) is 18.2 Å². The summed E-state index contributed by atoms with van der Waals surface area (Å²) in [5.74, 6) is -0.673. The smallest absolute Gasteiger partial charge is 0.292 e. The van der Waals surface area contributed by atoms with Crippen molar-refractivity contribution in [2.75, 3.05) is 30.9 Å². The van der Waals surface area contributed by atoms with Gasteiger partial charge in [-0.15, -0.1) is 0 Å². The maximum Gasteiger partial charge on any atom is 0.292 e. The van der Waals surface area contributed by atoms with E-state index in [9.17, 15) is 19.7 Å². The zero-order chi connectivity index (χ0) is 26.7. The SMILES string of the molecule is CN(C)c1ccc(C2C(Oc3ccc(Cl)cc3Cl)C(=O)N2NCC(=O)Nc2ccccc2[N+](=O)[O-])cc1. The van der Waals surface area contributed by atoms with E-state index in [0.29, 0.717) is 10.8 Å². The minimum atomic E-state index is -0.908. The van der Waals surface area contributed by atoms with Crippen LogP contribution in [0, 0.1) is 10.1 Å². The van der Waals surface area contributed by atoms with Crippen LogP contribution in [0.25, 0.3) is 0 Å². The van der Waals surface area contributed by atoms with Gasteiger partial charge in [0.25, 0.3) is 11.6 Å². The minimum absolute atomic E-state index is 0.0589. The van der Waals surface area contributed by atoms with E-state index in [1.165, 1.54) is 29.3 Å². The predicted octanol–water partition coefficient (Wildman–Crippen LogP) is 4.44. The first-order chi connectivity index (χ1) is 17.7. The first-order valence-corrected chi connectivity index (χ1v) is 11.9. The van der Waals surface area contributed by atoms with Crippen LogP contribution < -0.4 is 20.4 Å². The van der Waals surface area contributed by atoms with Gasteiger partial charge in [-0.2, -0.15) is 0 Å². The Morgan fingerprint density at radius 2 is 1.81 bits per heavy atom. The molecule has 10 nitrogen and oxygen atoms in total. The number of benzene rings is 3. The van der Waals surface area contributed by atoms with Crippen molar-refractivity contribution in [3.63, 3.8) is 0 Å². The summed E-state index contributed by atoms with van der Waals surface area (Å²) < 4.78 is 5.96. The van der Waals surface area contributed by atoms with Gasteiger partial charge in [0.05, 0.1) is 16.5 Å². The second kappa shape index (κ2) is 11.0. The van der Waals surface area contributed by atoms with Crippen LogP contribution in [0.1, 0.15) is 11.6 Å². The number of nitro benzene ring substituents is 1. The molecular weight excluding hydrogens is 521 g/mol. The predicted molar refractivity (Wildman–Crippen MR) is 141 cm³/mol. The molecule has 0 spiro atoms. The highest BCUT2D eigenvalue weighted by molar-refractivity contribution is 6.35. The number of hydrogen-bond donors (Lipinski definition) is 2. The number of para-hydroxylation sites is 2. The van der Waals surface area contributed by atoms with Gasteiger partial charge in [-0.25, -0.2) is 5.43 Å². The van der Waals surface area contributed by atoms with Crippen LogP contribution >= 0.6 is 23.2 Å². The summed E-state index contributed by atoms with van der Waals surface area (Å²) in [6.45, 7) is -0.307. The average molecular weight is 544 g/mol. The Bertz CT molecular complexity index is 1340. The lowest BCUT2D eigenvalue weighted by atomic mass is 9.92. The lowest BCUT2D eigenvalue weighted by Gasteiger charge is -2.46. The van der Waals surface area contributed by atoms with Gasteiger partial charge in [0.1, 0.15) is 17.5 Å². The number of rotatable bonds is 9. The molecule has 2 unspecified atom stereocenters. The van der Waals surface area contributed by atoms with Gasteiger partial charge in [0.15, 0.2) is 0 Å². The summed E-state index contributed by atoms with van der Waals surface area (Å²) in [6, 6.07) is 17.5. The molecule has 3 aromatic rings. The molecule has 0 bridgehead atoms. The van der Waals surface area contributed by atoms with Gasteiger partial charge in [0, 0.05) is 30.9 Å². The minimum Gasteiger partial charge on any atom is -0.476 e. The summed E-state index contributed by atoms with van der Waals surface area (Å²) in [5, 5.41) is 15.7. The molecule has 2 N–H and O–H groups in total. The highest BCUT2D eigenvalue weighted by Gasteiger charge is 2.51. The molecule has 0 aromatic heterocycles. The molecule has 2 atom stereocenters. The number of nitrogens with zero attached hydrogens (tertiary/aromatic N) is 3. The largest absolute Gasteiger partial charge is 0.476 e. The molecule has 0 saturated carbocycles. The van der Waals surface area contributed by atoms with Crippen LogP contribution in [0.5, 0.6) is 5.75 Å². The van der Waals surface area contributed by atoms with Crippen molar-refractivity contribution in [2.24, 2.45) is 0 Å².